The van der Waals surface area contributed by atoms with E-state index in [4.69, 9.17) is 4.74 Å². The molecule has 0 bridgehead atoms. The van der Waals surface area contributed by atoms with Crippen LogP contribution in [0.4, 0.5) is 4.79 Å². The van der Waals surface area contributed by atoms with Gasteiger partial charge in [-0.3, -0.25) is 14.5 Å². The fourth-order valence-corrected chi connectivity index (χ4v) is 3.62. The van der Waals surface area contributed by atoms with Crippen LogP contribution in [0.1, 0.15) is 38.7 Å². The molecule has 7 nitrogen and oxygen atoms in total. The summed E-state index contributed by atoms with van der Waals surface area (Å²) in [6.07, 6.45) is 4.88. The first kappa shape index (κ1) is 18.9. The van der Waals surface area contributed by atoms with E-state index in [9.17, 15) is 14.4 Å². The summed E-state index contributed by atoms with van der Waals surface area (Å²) in [5.41, 5.74) is 0.419. The second-order valence-corrected chi connectivity index (χ2v) is 6.90. The molecule has 1 atom stereocenters. The maximum absolute atomic E-state index is 13.0. The SMILES string of the molecule is CCN(C(=O)CN1C(=O)NC(C)(c2ccc(OC)cc2)C1=O)C1=CCCC1. The summed E-state index contributed by atoms with van der Waals surface area (Å²) in [6, 6.07) is 6.40. The number of hydrogen-bond acceptors (Lipinski definition) is 4. The monoisotopic (exact) mass is 371 g/mol. The predicted molar refractivity (Wildman–Crippen MR) is 99.9 cm³/mol. The van der Waals surface area contributed by atoms with Crippen molar-refractivity contribution in [3.63, 3.8) is 0 Å². The molecule has 0 spiro atoms. The Morgan fingerprint density at radius 1 is 1.30 bits per heavy atom. The van der Waals surface area contributed by atoms with Crippen molar-refractivity contribution in [1.82, 2.24) is 15.1 Å². The number of carbonyl (C=O) groups excluding carboxylic acids is 3. The number of allylic oxidation sites excluding steroid dienone is 2. The van der Waals surface area contributed by atoms with Crippen LogP contribution in [-0.2, 0) is 15.1 Å². The van der Waals surface area contributed by atoms with E-state index >= 15 is 0 Å². The highest BCUT2D eigenvalue weighted by Crippen LogP contribution is 2.30. The highest BCUT2D eigenvalue weighted by molar-refractivity contribution is 6.09. The number of nitrogens with zero attached hydrogens (tertiary/aromatic N) is 2. The summed E-state index contributed by atoms with van der Waals surface area (Å²) in [6.45, 7) is 3.80. The molecular weight excluding hydrogens is 346 g/mol. The Hall–Kier alpha value is -2.83. The van der Waals surface area contributed by atoms with E-state index in [-0.39, 0.29) is 12.5 Å². The third-order valence-electron chi connectivity index (χ3n) is 5.22. The Kier molecular flexibility index (Phi) is 5.21. The first-order chi connectivity index (χ1) is 12.9. The number of benzene rings is 1. The zero-order chi connectivity index (χ0) is 19.6. The molecule has 3 rings (SSSR count). The lowest BCUT2D eigenvalue weighted by Crippen LogP contribution is -2.44. The van der Waals surface area contributed by atoms with Crippen LogP contribution in [0.2, 0.25) is 0 Å². The van der Waals surface area contributed by atoms with Gasteiger partial charge in [0.05, 0.1) is 7.11 Å². The van der Waals surface area contributed by atoms with Gasteiger partial charge in [0, 0.05) is 12.2 Å². The zero-order valence-electron chi connectivity index (χ0n) is 15.9. The number of methoxy groups -OCH3 is 1. The number of hydrogen-bond donors (Lipinski definition) is 1. The second-order valence-electron chi connectivity index (χ2n) is 6.90. The van der Waals surface area contributed by atoms with Gasteiger partial charge in [-0.05, 0) is 50.8 Å². The molecule has 1 fully saturated rings. The third kappa shape index (κ3) is 3.41. The van der Waals surface area contributed by atoms with Crippen LogP contribution < -0.4 is 10.1 Å². The van der Waals surface area contributed by atoms with Gasteiger partial charge in [-0.1, -0.05) is 18.2 Å². The first-order valence-corrected chi connectivity index (χ1v) is 9.18. The van der Waals surface area contributed by atoms with Gasteiger partial charge in [0.15, 0.2) is 0 Å². The second kappa shape index (κ2) is 7.42. The van der Waals surface area contributed by atoms with E-state index in [1.54, 1.807) is 43.2 Å². The topological polar surface area (TPSA) is 79.0 Å². The summed E-state index contributed by atoms with van der Waals surface area (Å²) in [5.74, 6) is -0.00909. The number of nitrogens with one attached hydrogen (secondary N) is 1. The van der Waals surface area contributed by atoms with E-state index < -0.39 is 17.5 Å². The van der Waals surface area contributed by atoms with Crippen molar-refractivity contribution >= 4 is 17.8 Å². The van der Waals surface area contributed by atoms with Crippen molar-refractivity contribution in [2.45, 2.75) is 38.6 Å². The molecule has 1 unspecified atom stereocenters. The number of likely N-dealkylation sites (N-methyl/N-ethyl adjacent to an activating group) is 1. The minimum Gasteiger partial charge on any atom is -0.497 e. The molecule has 1 aliphatic heterocycles. The average Bonchev–Trinajstić information content (AvgIpc) is 3.26. The van der Waals surface area contributed by atoms with Crippen molar-refractivity contribution in [3.8, 4) is 5.75 Å². The van der Waals surface area contributed by atoms with Gasteiger partial charge in [-0.2, -0.15) is 0 Å². The molecule has 1 aromatic carbocycles. The molecule has 1 aliphatic carbocycles. The van der Waals surface area contributed by atoms with Crippen LogP contribution in [0.3, 0.4) is 0 Å². The van der Waals surface area contributed by atoms with E-state index in [1.807, 2.05) is 6.92 Å². The van der Waals surface area contributed by atoms with Gasteiger partial charge in [0.2, 0.25) is 5.91 Å². The Morgan fingerprint density at radius 2 is 2.00 bits per heavy atom. The molecule has 0 radical (unpaired) electrons. The lowest BCUT2D eigenvalue weighted by Gasteiger charge is -2.25. The van der Waals surface area contributed by atoms with Crippen LogP contribution in [0.5, 0.6) is 5.75 Å². The molecule has 1 aromatic rings. The fourth-order valence-electron chi connectivity index (χ4n) is 3.62. The Morgan fingerprint density at radius 3 is 2.56 bits per heavy atom. The molecule has 7 heteroatoms. The van der Waals surface area contributed by atoms with Gasteiger partial charge >= 0.3 is 6.03 Å². The quantitative estimate of drug-likeness (QED) is 0.779. The van der Waals surface area contributed by atoms with Gasteiger partial charge in [-0.15, -0.1) is 0 Å². The zero-order valence-corrected chi connectivity index (χ0v) is 15.9. The highest BCUT2D eigenvalue weighted by atomic mass is 16.5. The molecule has 1 saturated heterocycles. The Bertz CT molecular complexity index is 787. The summed E-state index contributed by atoms with van der Waals surface area (Å²) in [7, 11) is 1.56. The summed E-state index contributed by atoms with van der Waals surface area (Å²) in [5, 5.41) is 2.73. The van der Waals surface area contributed by atoms with Crippen LogP contribution in [0.15, 0.2) is 36.0 Å². The van der Waals surface area contributed by atoms with Crippen molar-refractivity contribution in [1.29, 1.82) is 0 Å². The molecule has 1 heterocycles. The Balaban J connectivity index is 1.77. The molecule has 144 valence electrons. The minimum atomic E-state index is -1.20. The number of amides is 4. The minimum absolute atomic E-state index is 0.242. The average molecular weight is 371 g/mol. The fraction of sp³-hybridized carbons (Fsp3) is 0.450. The molecule has 0 aromatic heterocycles. The Labute approximate surface area is 159 Å². The third-order valence-corrected chi connectivity index (χ3v) is 5.22. The van der Waals surface area contributed by atoms with Gasteiger partial charge in [0.1, 0.15) is 17.8 Å². The van der Waals surface area contributed by atoms with Crippen molar-refractivity contribution < 1.29 is 19.1 Å². The predicted octanol–water partition coefficient (Wildman–Crippen LogP) is 2.38. The largest absolute Gasteiger partial charge is 0.497 e. The van der Waals surface area contributed by atoms with Crippen molar-refractivity contribution in [2.24, 2.45) is 0 Å². The standard InChI is InChI=1S/C20H25N3O4/c1-4-22(15-7-5-6-8-15)17(24)13-23-18(25)20(2,21-19(23)26)14-9-11-16(27-3)12-10-14/h7,9-12H,4-6,8,13H2,1-3H3,(H,21,26). The van der Waals surface area contributed by atoms with E-state index in [0.717, 1.165) is 29.9 Å². The van der Waals surface area contributed by atoms with Crippen molar-refractivity contribution in [2.75, 3.05) is 20.2 Å². The normalized spacial score (nSPS) is 21.9. The number of ether oxygens (including phenoxy) is 1. The van der Waals surface area contributed by atoms with E-state index in [0.29, 0.717) is 17.9 Å². The van der Waals surface area contributed by atoms with Crippen molar-refractivity contribution in [3.05, 3.63) is 41.6 Å². The molecule has 2 aliphatic rings. The van der Waals surface area contributed by atoms with E-state index in [1.165, 1.54) is 0 Å². The highest BCUT2D eigenvalue weighted by Gasteiger charge is 2.49. The number of urea groups is 1. The van der Waals surface area contributed by atoms with Gasteiger partial charge in [-0.25, -0.2) is 4.79 Å². The maximum Gasteiger partial charge on any atom is 0.325 e. The molecule has 1 N–H and O–H groups in total. The summed E-state index contributed by atoms with van der Waals surface area (Å²) in [4.78, 5) is 40.8. The van der Waals surface area contributed by atoms with Crippen LogP contribution in [0, 0.1) is 0 Å². The van der Waals surface area contributed by atoms with Crippen LogP contribution >= 0.6 is 0 Å². The van der Waals surface area contributed by atoms with Gasteiger partial charge in [0.25, 0.3) is 5.91 Å². The lowest BCUT2D eigenvalue weighted by atomic mass is 9.92. The number of imide groups is 1. The lowest BCUT2D eigenvalue weighted by molar-refractivity contribution is -0.137. The first-order valence-electron chi connectivity index (χ1n) is 9.18. The number of rotatable bonds is 6. The van der Waals surface area contributed by atoms with Gasteiger partial charge < -0.3 is 15.0 Å². The molecule has 4 amide bonds. The molecule has 27 heavy (non-hydrogen) atoms. The van der Waals surface area contributed by atoms with Crippen LogP contribution in [-0.4, -0.2) is 47.8 Å². The summed E-state index contributed by atoms with van der Waals surface area (Å²) >= 11 is 0. The maximum atomic E-state index is 13.0. The smallest absolute Gasteiger partial charge is 0.325 e. The number of carbonyl (C=O) groups is 3. The molecule has 0 saturated carbocycles. The van der Waals surface area contributed by atoms with E-state index in [2.05, 4.69) is 11.4 Å². The van der Waals surface area contributed by atoms with Crippen LogP contribution in [0.25, 0.3) is 0 Å². The molecular formula is C20H25N3O4. The summed E-state index contributed by atoms with van der Waals surface area (Å²) < 4.78 is 5.14.